The molecule has 1 heterocycles. The smallest absolute Gasteiger partial charge is 0.416 e. The highest BCUT2D eigenvalue weighted by molar-refractivity contribution is 6.76. The summed E-state index contributed by atoms with van der Waals surface area (Å²) in [5.41, 5.74) is 1.41. The minimum Gasteiger partial charge on any atom is -0.497 e. The van der Waals surface area contributed by atoms with Crippen LogP contribution in [-0.4, -0.2) is 38.5 Å². The zero-order valence-corrected chi connectivity index (χ0v) is 20.5. The number of ether oxygens (including phenoxy) is 3. The van der Waals surface area contributed by atoms with Crippen LogP contribution in [0.3, 0.4) is 0 Å². The highest BCUT2D eigenvalue weighted by atomic mass is 28.3. The van der Waals surface area contributed by atoms with Crippen LogP contribution < -0.4 is 9.47 Å². The number of hydrogen-bond donors (Lipinski definition) is 0. The quantitative estimate of drug-likeness (QED) is 0.258. The summed E-state index contributed by atoms with van der Waals surface area (Å²) < 4.78 is 57.7. The summed E-state index contributed by atoms with van der Waals surface area (Å²) in [6, 6.07) is 11.5. The molecule has 0 unspecified atom stereocenters. The second-order valence-electron chi connectivity index (χ2n) is 8.92. The SMILES string of the molecule is COc1cc(OC)cc(-c2cnc(-c3ccc(C(F)(F)F)cc3)n2COCC[Si](C)(C)C)c1. The fourth-order valence-corrected chi connectivity index (χ4v) is 4.02. The molecule has 0 aliphatic rings. The third-order valence-electron chi connectivity index (χ3n) is 5.19. The van der Waals surface area contributed by atoms with Gasteiger partial charge in [-0.25, -0.2) is 4.98 Å². The second kappa shape index (κ2) is 10.0. The van der Waals surface area contributed by atoms with Gasteiger partial charge < -0.3 is 14.2 Å². The van der Waals surface area contributed by atoms with E-state index in [2.05, 4.69) is 24.6 Å². The molecule has 5 nitrogen and oxygen atoms in total. The van der Waals surface area contributed by atoms with Crippen molar-refractivity contribution in [1.82, 2.24) is 9.55 Å². The maximum atomic E-state index is 13.0. The Morgan fingerprint density at radius 2 is 1.52 bits per heavy atom. The van der Waals surface area contributed by atoms with E-state index in [1.165, 1.54) is 12.1 Å². The first kappa shape index (κ1) is 24.9. The first-order valence-corrected chi connectivity index (χ1v) is 14.3. The Labute approximate surface area is 193 Å². The van der Waals surface area contributed by atoms with Gasteiger partial charge in [0.05, 0.1) is 31.7 Å². The van der Waals surface area contributed by atoms with E-state index < -0.39 is 19.8 Å². The molecule has 33 heavy (non-hydrogen) atoms. The van der Waals surface area contributed by atoms with Crippen LogP contribution in [-0.2, 0) is 17.6 Å². The van der Waals surface area contributed by atoms with Gasteiger partial charge in [0.1, 0.15) is 24.1 Å². The lowest BCUT2D eigenvalue weighted by molar-refractivity contribution is -0.137. The van der Waals surface area contributed by atoms with Gasteiger partial charge in [-0.3, -0.25) is 4.57 Å². The molecule has 0 bridgehead atoms. The van der Waals surface area contributed by atoms with Crippen molar-refractivity contribution in [2.45, 2.75) is 38.6 Å². The van der Waals surface area contributed by atoms with Crippen LogP contribution in [0.15, 0.2) is 48.7 Å². The first-order valence-electron chi connectivity index (χ1n) is 10.6. The van der Waals surface area contributed by atoms with Crippen molar-refractivity contribution >= 4 is 8.07 Å². The molecule has 0 saturated carbocycles. The first-order chi connectivity index (χ1) is 15.5. The van der Waals surface area contributed by atoms with E-state index >= 15 is 0 Å². The average molecular weight is 479 g/mol. The summed E-state index contributed by atoms with van der Waals surface area (Å²) in [5, 5.41) is 0. The Morgan fingerprint density at radius 3 is 2.03 bits per heavy atom. The van der Waals surface area contributed by atoms with Gasteiger partial charge in [0.2, 0.25) is 0 Å². The molecular weight excluding hydrogens is 449 g/mol. The molecule has 1 aromatic heterocycles. The van der Waals surface area contributed by atoms with Crippen molar-refractivity contribution in [3.63, 3.8) is 0 Å². The summed E-state index contributed by atoms with van der Waals surface area (Å²) in [7, 11) is 1.87. The summed E-state index contributed by atoms with van der Waals surface area (Å²) in [5.74, 6) is 1.76. The molecule has 0 amide bonds. The molecular formula is C24H29F3N2O3Si. The van der Waals surface area contributed by atoms with Gasteiger partial charge in [0.25, 0.3) is 0 Å². The number of methoxy groups -OCH3 is 2. The van der Waals surface area contributed by atoms with Crippen LogP contribution in [0.1, 0.15) is 5.56 Å². The lowest BCUT2D eigenvalue weighted by Crippen LogP contribution is -2.22. The Morgan fingerprint density at radius 1 is 0.909 bits per heavy atom. The normalized spacial score (nSPS) is 12.1. The van der Waals surface area contributed by atoms with Crippen molar-refractivity contribution in [2.24, 2.45) is 0 Å². The van der Waals surface area contributed by atoms with E-state index in [9.17, 15) is 13.2 Å². The minimum atomic E-state index is -4.39. The van der Waals surface area contributed by atoms with Crippen molar-refractivity contribution in [2.75, 3.05) is 20.8 Å². The molecule has 0 atom stereocenters. The zero-order valence-electron chi connectivity index (χ0n) is 19.5. The van der Waals surface area contributed by atoms with E-state index in [4.69, 9.17) is 14.2 Å². The number of aromatic nitrogens is 2. The lowest BCUT2D eigenvalue weighted by atomic mass is 10.1. The van der Waals surface area contributed by atoms with Crippen molar-refractivity contribution in [3.8, 4) is 34.1 Å². The standard InChI is InChI=1S/C24H29F3N2O3Si/c1-30-20-12-18(13-21(14-20)31-2)22-15-28-23(29(22)16-32-10-11-33(3,4)5)17-6-8-19(9-7-17)24(25,26)27/h6-9,12-15H,10-11,16H2,1-5H3. The highest BCUT2D eigenvalue weighted by Gasteiger charge is 2.30. The van der Waals surface area contributed by atoms with E-state index in [0.29, 0.717) is 29.5 Å². The maximum Gasteiger partial charge on any atom is 0.416 e. The van der Waals surface area contributed by atoms with Gasteiger partial charge in [-0.15, -0.1) is 0 Å². The monoisotopic (exact) mass is 478 g/mol. The average Bonchev–Trinajstić information content (AvgIpc) is 3.19. The van der Waals surface area contributed by atoms with E-state index in [1.54, 1.807) is 26.5 Å². The van der Waals surface area contributed by atoms with Crippen LogP contribution in [0.25, 0.3) is 22.6 Å². The molecule has 0 aliphatic heterocycles. The number of halogens is 3. The van der Waals surface area contributed by atoms with Gasteiger partial charge in [0, 0.05) is 31.9 Å². The third kappa shape index (κ3) is 6.39. The number of rotatable bonds is 9. The van der Waals surface area contributed by atoms with Crippen LogP contribution in [0.5, 0.6) is 11.5 Å². The van der Waals surface area contributed by atoms with Crippen LogP contribution in [0.4, 0.5) is 13.2 Å². The molecule has 178 valence electrons. The summed E-state index contributed by atoms with van der Waals surface area (Å²) in [4.78, 5) is 4.52. The molecule has 0 radical (unpaired) electrons. The molecule has 0 fully saturated rings. The Balaban J connectivity index is 2.01. The van der Waals surface area contributed by atoms with E-state index in [1.807, 2.05) is 16.7 Å². The Kier molecular flexibility index (Phi) is 7.54. The molecule has 0 saturated heterocycles. The summed E-state index contributed by atoms with van der Waals surface area (Å²) in [6.07, 6.45) is -2.71. The minimum absolute atomic E-state index is 0.218. The molecule has 3 aromatic rings. The van der Waals surface area contributed by atoms with Crippen LogP contribution >= 0.6 is 0 Å². The summed E-state index contributed by atoms with van der Waals surface area (Å²) >= 11 is 0. The predicted octanol–water partition coefficient (Wildman–Crippen LogP) is 6.57. The fraction of sp³-hybridized carbons (Fsp3) is 0.375. The highest BCUT2D eigenvalue weighted by Crippen LogP contribution is 2.34. The summed E-state index contributed by atoms with van der Waals surface area (Å²) in [6.45, 7) is 7.64. The topological polar surface area (TPSA) is 45.5 Å². The van der Waals surface area contributed by atoms with Crippen molar-refractivity contribution in [3.05, 3.63) is 54.2 Å². The van der Waals surface area contributed by atoms with Gasteiger partial charge in [-0.2, -0.15) is 13.2 Å². The molecule has 3 rings (SSSR count). The largest absolute Gasteiger partial charge is 0.497 e. The number of alkyl halides is 3. The Bertz CT molecular complexity index is 1050. The molecule has 9 heteroatoms. The predicted molar refractivity (Wildman–Crippen MR) is 125 cm³/mol. The van der Waals surface area contributed by atoms with Crippen LogP contribution in [0, 0.1) is 0 Å². The zero-order chi connectivity index (χ0) is 24.2. The Hall–Kier alpha value is -2.78. The molecule has 2 aromatic carbocycles. The maximum absolute atomic E-state index is 13.0. The van der Waals surface area contributed by atoms with E-state index in [0.717, 1.165) is 29.4 Å². The van der Waals surface area contributed by atoms with E-state index in [-0.39, 0.29) is 6.73 Å². The lowest BCUT2D eigenvalue weighted by Gasteiger charge is -2.18. The van der Waals surface area contributed by atoms with Crippen molar-refractivity contribution < 1.29 is 27.4 Å². The second-order valence-corrected chi connectivity index (χ2v) is 14.5. The van der Waals surface area contributed by atoms with Crippen LogP contribution in [0.2, 0.25) is 25.7 Å². The van der Waals surface area contributed by atoms with Gasteiger partial charge in [-0.05, 0) is 30.3 Å². The molecule has 0 N–H and O–H groups in total. The third-order valence-corrected chi connectivity index (χ3v) is 6.89. The fourth-order valence-electron chi connectivity index (χ4n) is 3.26. The van der Waals surface area contributed by atoms with Gasteiger partial charge in [-0.1, -0.05) is 31.8 Å². The molecule has 0 spiro atoms. The number of hydrogen-bond acceptors (Lipinski definition) is 4. The molecule has 0 aliphatic carbocycles. The number of imidazole rings is 1. The van der Waals surface area contributed by atoms with Crippen molar-refractivity contribution in [1.29, 1.82) is 0 Å². The van der Waals surface area contributed by atoms with Gasteiger partial charge in [0.15, 0.2) is 0 Å². The number of nitrogens with zero attached hydrogens (tertiary/aromatic N) is 2. The van der Waals surface area contributed by atoms with Gasteiger partial charge >= 0.3 is 6.18 Å². The number of benzene rings is 2.